The van der Waals surface area contributed by atoms with E-state index in [1.807, 2.05) is 20.8 Å². The number of cyclic esters (lactones) is 1. The third-order valence-electron chi connectivity index (χ3n) is 15.2. The summed E-state index contributed by atoms with van der Waals surface area (Å²) in [4.78, 5) is 26.9. The van der Waals surface area contributed by atoms with E-state index in [9.17, 15) is 50.4 Å². The summed E-state index contributed by atoms with van der Waals surface area (Å²) in [6.45, 7) is 8.68. The predicted octanol–water partition coefficient (Wildman–Crippen LogP) is 0.157. The zero-order chi connectivity index (χ0) is 39.9. The van der Waals surface area contributed by atoms with Gasteiger partial charge in [-0.2, -0.15) is 0 Å². The number of hydrogen-bond donors (Lipinski definition) is 8. The smallest absolute Gasteiger partial charge is 0.334 e. The average Bonchev–Trinajstić information content (AvgIpc) is 3.51. The highest BCUT2D eigenvalue weighted by molar-refractivity contribution is 5.90. The van der Waals surface area contributed by atoms with Crippen molar-refractivity contribution >= 4 is 11.8 Å². The van der Waals surface area contributed by atoms with Crippen molar-refractivity contribution in [3.63, 3.8) is 0 Å². The molecule has 15 nitrogen and oxygen atoms in total. The highest BCUT2D eigenvalue weighted by Gasteiger charge is 2.64. The van der Waals surface area contributed by atoms with Crippen LogP contribution in [0.4, 0.5) is 0 Å². The van der Waals surface area contributed by atoms with Crippen molar-refractivity contribution in [2.24, 2.45) is 34.5 Å². The number of esters is 1. The number of allylic oxidation sites excluding steroid dienone is 1. The molecule has 3 saturated carbocycles. The standard InChI is InChI=1S/C40H60O15/c1-17-12-28(55-35(49)18(17)2)40(5,50)26-9-8-22-21-7-6-19-13-20(14-27(42)39(19,4)23(21)10-11-38(22,26)3)52-37-34(48)32(46)30(44)25(54-37)16-51-36-33(47)31(45)29(43)24(15-41)53-36/h6,20-26,28-34,36-37,41,43-48,50H,7-16H2,1-5H3/t20-,21-,22-,23-,24-,25+,26-,28-,29+,30+,31-,32-,33+,34+,36-,37+,38-,39-,40+/m1/s1. The second kappa shape index (κ2) is 15.1. The van der Waals surface area contributed by atoms with Gasteiger partial charge in [0.15, 0.2) is 12.6 Å². The summed E-state index contributed by atoms with van der Waals surface area (Å²) in [5, 5.41) is 84.4. The molecular weight excluding hydrogens is 720 g/mol. The van der Waals surface area contributed by atoms with E-state index in [1.165, 1.54) is 0 Å². The van der Waals surface area contributed by atoms with Crippen LogP contribution in [0.2, 0.25) is 0 Å². The molecule has 0 aromatic carbocycles. The maximum atomic E-state index is 14.3. The van der Waals surface area contributed by atoms with Crippen molar-refractivity contribution in [3.8, 4) is 0 Å². The maximum absolute atomic E-state index is 14.3. The van der Waals surface area contributed by atoms with Crippen LogP contribution >= 0.6 is 0 Å². The summed E-state index contributed by atoms with van der Waals surface area (Å²) in [6.07, 6.45) is -9.42. The van der Waals surface area contributed by atoms with Crippen LogP contribution in [0.5, 0.6) is 0 Å². The molecule has 0 bridgehead atoms. The van der Waals surface area contributed by atoms with Gasteiger partial charge in [0.2, 0.25) is 0 Å². The summed E-state index contributed by atoms with van der Waals surface area (Å²) >= 11 is 0. The highest BCUT2D eigenvalue weighted by atomic mass is 16.7. The zero-order valence-corrected chi connectivity index (χ0v) is 32.3. The molecule has 7 rings (SSSR count). The monoisotopic (exact) mass is 780 g/mol. The molecule has 3 heterocycles. The van der Waals surface area contributed by atoms with Crippen LogP contribution in [0, 0.1) is 34.5 Å². The number of Topliss-reactive ketones (excluding diaryl/α,β-unsaturated/α-hetero) is 1. The van der Waals surface area contributed by atoms with E-state index in [-0.39, 0.29) is 47.3 Å². The number of hydrogen-bond acceptors (Lipinski definition) is 15. The molecule has 0 amide bonds. The molecule has 2 saturated heterocycles. The van der Waals surface area contributed by atoms with Crippen molar-refractivity contribution < 1.29 is 74.1 Å². The minimum atomic E-state index is -1.70. The fraction of sp³-hybridized carbons (Fsp3) is 0.850. The lowest BCUT2D eigenvalue weighted by Gasteiger charge is -2.58. The first kappa shape index (κ1) is 41.3. The third kappa shape index (κ3) is 6.77. The second-order valence-electron chi connectivity index (χ2n) is 18.1. The lowest BCUT2D eigenvalue weighted by Crippen LogP contribution is -2.62. The number of aliphatic hydroxyl groups is 8. The average molecular weight is 781 g/mol. The molecule has 8 N–H and O–H groups in total. The Hall–Kier alpha value is -1.86. The zero-order valence-electron chi connectivity index (χ0n) is 32.3. The second-order valence-corrected chi connectivity index (χ2v) is 18.1. The molecule has 0 radical (unpaired) electrons. The summed E-state index contributed by atoms with van der Waals surface area (Å²) in [6, 6.07) is 0. The number of aliphatic hydroxyl groups excluding tert-OH is 7. The van der Waals surface area contributed by atoms with Crippen LogP contribution in [0.15, 0.2) is 22.8 Å². The first-order valence-electron chi connectivity index (χ1n) is 19.9. The van der Waals surface area contributed by atoms with Crippen molar-refractivity contribution in [1.29, 1.82) is 0 Å². The Morgan fingerprint density at radius 2 is 1.49 bits per heavy atom. The Balaban J connectivity index is 1.02. The molecule has 4 aliphatic carbocycles. The van der Waals surface area contributed by atoms with E-state index in [0.29, 0.717) is 18.4 Å². The topological polar surface area (TPSA) is 242 Å². The van der Waals surface area contributed by atoms with Gasteiger partial charge in [-0.15, -0.1) is 0 Å². The third-order valence-corrected chi connectivity index (χ3v) is 15.2. The highest BCUT2D eigenvalue weighted by Crippen LogP contribution is 2.67. The van der Waals surface area contributed by atoms with Crippen LogP contribution in [-0.2, 0) is 33.3 Å². The number of fused-ring (bicyclic) bond motifs is 5. The summed E-state index contributed by atoms with van der Waals surface area (Å²) in [5.74, 6) is 0.188. The fourth-order valence-corrected chi connectivity index (χ4v) is 11.7. The molecule has 55 heavy (non-hydrogen) atoms. The first-order chi connectivity index (χ1) is 25.8. The fourth-order valence-electron chi connectivity index (χ4n) is 11.7. The SMILES string of the molecule is CC1=C(C)C(=O)O[C@@H]([C@@](C)(O)[C@@H]2CC[C@@H]3[C@H]4CC=C5C[C@@H](O[C@H]6O[C@@H](CO[C@@H]7O[C@H](CO)[C@H](O)[C@@H](O)[C@@H]7O)[C@H](O)[C@@H](O)[C@@H]6O)CC(=O)[C@@]5(C)[C@@H]4CC[C@]32C)C1. The van der Waals surface area contributed by atoms with Gasteiger partial charge < -0.3 is 64.5 Å². The van der Waals surface area contributed by atoms with Gasteiger partial charge in [0.05, 0.1) is 24.7 Å². The van der Waals surface area contributed by atoms with Crippen LogP contribution in [-0.4, -0.2) is 145 Å². The molecule has 0 aromatic heterocycles. The van der Waals surface area contributed by atoms with Gasteiger partial charge in [-0.3, -0.25) is 4.79 Å². The molecule has 7 aliphatic rings. The lowest BCUT2D eigenvalue weighted by molar-refractivity contribution is -0.336. The molecule has 15 heteroatoms. The van der Waals surface area contributed by atoms with Crippen molar-refractivity contribution in [3.05, 3.63) is 22.8 Å². The van der Waals surface area contributed by atoms with E-state index in [4.69, 9.17) is 23.7 Å². The Morgan fingerprint density at radius 1 is 0.836 bits per heavy atom. The van der Waals surface area contributed by atoms with Gasteiger partial charge >= 0.3 is 5.97 Å². The number of rotatable bonds is 8. The summed E-state index contributed by atoms with van der Waals surface area (Å²) in [7, 11) is 0. The Morgan fingerprint density at radius 3 is 2.16 bits per heavy atom. The number of carbonyl (C=O) groups excluding carboxylic acids is 2. The van der Waals surface area contributed by atoms with E-state index in [2.05, 4.69) is 13.0 Å². The predicted molar refractivity (Wildman–Crippen MR) is 190 cm³/mol. The molecule has 3 aliphatic heterocycles. The van der Waals surface area contributed by atoms with Crippen LogP contribution in [0.3, 0.4) is 0 Å². The molecule has 5 fully saturated rings. The summed E-state index contributed by atoms with van der Waals surface area (Å²) in [5.41, 5.74) is 0.398. The van der Waals surface area contributed by atoms with E-state index in [0.717, 1.165) is 43.3 Å². The van der Waals surface area contributed by atoms with Gasteiger partial charge in [0.25, 0.3) is 0 Å². The van der Waals surface area contributed by atoms with Gasteiger partial charge in [0.1, 0.15) is 66.3 Å². The number of carbonyl (C=O) groups is 2. The Labute approximate surface area is 321 Å². The van der Waals surface area contributed by atoms with Crippen LogP contribution in [0.25, 0.3) is 0 Å². The number of ether oxygens (including phenoxy) is 5. The normalized spacial score (nSPS) is 50.0. The summed E-state index contributed by atoms with van der Waals surface area (Å²) < 4.78 is 28.8. The van der Waals surface area contributed by atoms with E-state index in [1.54, 1.807) is 6.92 Å². The Kier molecular flexibility index (Phi) is 11.3. The molecular formula is C40H60O15. The van der Waals surface area contributed by atoms with Gasteiger partial charge in [0, 0.05) is 18.4 Å². The van der Waals surface area contributed by atoms with E-state index >= 15 is 0 Å². The van der Waals surface area contributed by atoms with Gasteiger partial charge in [-0.1, -0.05) is 24.1 Å². The van der Waals surface area contributed by atoms with Crippen molar-refractivity contribution in [1.82, 2.24) is 0 Å². The van der Waals surface area contributed by atoms with Crippen LogP contribution < -0.4 is 0 Å². The van der Waals surface area contributed by atoms with Gasteiger partial charge in [-0.05, 0) is 95.3 Å². The molecule has 0 aromatic rings. The lowest BCUT2D eigenvalue weighted by atomic mass is 9.46. The largest absolute Gasteiger partial charge is 0.456 e. The minimum absolute atomic E-state index is 0.0231. The minimum Gasteiger partial charge on any atom is -0.456 e. The van der Waals surface area contributed by atoms with Crippen molar-refractivity contribution in [2.45, 2.75) is 165 Å². The number of ketones is 1. The molecule has 0 spiro atoms. The maximum Gasteiger partial charge on any atom is 0.334 e. The van der Waals surface area contributed by atoms with Crippen molar-refractivity contribution in [2.75, 3.05) is 13.2 Å². The first-order valence-corrected chi connectivity index (χ1v) is 19.9. The van der Waals surface area contributed by atoms with Gasteiger partial charge in [-0.25, -0.2) is 4.79 Å². The Bertz CT molecular complexity index is 1540. The quantitative estimate of drug-likeness (QED) is 0.121. The van der Waals surface area contributed by atoms with E-state index < -0.39 is 97.8 Å². The molecule has 310 valence electrons. The molecule has 0 unspecified atom stereocenters. The molecule has 19 atom stereocenters. The van der Waals surface area contributed by atoms with Crippen LogP contribution in [0.1, 0.15) is 86.0 Å².